The Labute approximate surface area is 149 Å². The summed E-state index contributed by atoms with van der Waals surface area (Å²) < 4.78 is 27.4. The van der Waals surface area contributed by atoms with Crippen LogP contribution < -0.4 is 0 Å². The normalized spacial score (nSPS) is 21.6. The molecule has 10 heteroatoms. The molecule has 26 heavy (non-hydrogen) atoms. The van der Waals surface area contributed by atoms with Crippen molar-refractivity contribution in [2.24, 2.45) is 11.8 Å². The number of carboxylic acids is 1. The Bertz CT molecular complexity index is 991. The van der Waals surface area contributed by atoms with Gasteiger partial charge in [-0.15, -0.1) is 0 Å². The summed E-state index contributed by atoms with van der Waals surface area (Å²) in [6.07, 6.45) is 1.77. The summed E-state index contributed by atoms with van der Waals surface area (Å²) in [5, 5.41) is 20.6. The van der Waals surface area contributed by atoms with Crippen LogP contribution in [0.4, 0.5) is 5.69 Å². The molecule has 2 aromatic rings. The monoisotopic (exact) mass is 379 g/mol. The summed E-state index contributed by atoms with van der Waals surface area (Å²) in [5.41, 5.74) is -0.228. The van der Waals surface area contributed by atoms with Crippen molar-refractivity contribution in [1.82, 2.24) is 9.29 Å². The quantitative estimate of drug-likeness (QED) is 0.634. The van der Waals surface area contributed by atoms with Crippen molar-refractivity contribution in [2.75, 3.05) is 13.1 Å². The molecule has 138 valence electrons. The van der Waals surface area contributed by atoms with Crippen molar-refractivity contribution >= 4 is 32.6 Å². The van der Waals surface area contributed by atoms with E-state index in [0.717, 1.165) is 16.4 Å². The molecule has 0 spiro atoms. The van der Waals surface area contributed by atoms with E-state index in [9.17, 15) is 28.4 Å². The summed E-state index contributed by atoms with van der Waals surface area (Å²) in [7, 11) is -4.05. The molecule has 0 bridgehead atoms. The maximum absolute atomic E-state index is 13.1. The molecule has 1 aromatic carbocycles. The fourth-order valence-corrected chi connectivity index (χ4v) is 5.07. The lowest BCUT2D eigenvalue weighted by atomic mass is 9.92. The summed E-state index contributed by atoms with van der Waals surface area (Å²) in [5.74, 6) is -1.94. The number of carbonyl (C=O) groups is 1. The van der Waals surface area contributed by atoms with Crippen molar-refractivity contribution in [3.8, 4) is 0 Å². The van der Waals surface area contributed by atoms with Crippen LogP contribution in [0.25, 0.3) is 10.9 Å². The van der Waals surface area contributed by atoms with Gasteiger partial charge in [0.15, 0.2) is 0 Å². The summed E-state index contributed by atoms with van der Waals surface area (Å²) in [6, 6.07) is 5.24. The second kappa shape index (κ2) is 6.61. The first-order chi connectivity index (χ1) is 12.2. The highest BCUT2D eigenvalue weighted by atomic mass is 32.2. The zero-order chi connectivity index (χ0) is 19.1. The summed E-state index contributed by atoms with van der Waals surface area (Å²) in [4.78, 5) is 25.8. The smallest absolute Gasteiger partial charge is 0.307 e. The van der Waals surface area contributed by atoms with Crippen LogP contribution in [0.5, 0.6) is 0 Å². The molecule has 1 aromatic heterocycles. The number of fused-ring (bicyclic) bond motifs is 1. The third-order valence-electron chi connectivity index (χ3n) is 4.50. The lowest BCUT2D eigenvalue weighted by Gasteiger charge is -2.33. The van der Waals surface area contributed by atoms with E-state index in [1.807, 2.05) is 0 Å². The average molecular weight is 379 g/mol. The molecule has 2 atom stereocenters. The Morgan fingerprint density at radius 3 is 2.73 bits per heavy atom. The van der Waals surface area contributed by atoms with E-state index in [2.05, 4.69) is 4.98 Å². The first-order valence-electron chi connectivity index (χ1n) is 7.97. The van der Waals surface area contributed by atoms with Crippen LogP contribution in [0.1, 0.15) is 13.3 Å². The molecule has 1 aliphatic heterocycles. The number of benzene rings is 1. The van der Waals surface area contributed by atoms with Gasteiger partial charge in [0, 0.05) is 25.4 Å². The molecule has 1 saturated heterocycles. The van der Waals surface area contributed by atoms with E-state index >= 15 is 0 Å². The molecule has 0 saturated carbocycles. The molecular formula is C16H17N3O6S. The number of non-ortho nitro benzene ring substituents is 1. The maximum Gasteiger partial charge on any atom is 0.307 e. The van der Waals surface area contributed by atoms with E-state index in [4.69, 9.17) is 0 Å². The second-order valence-corrected chi connectivity index (χ2v) is 8.34. The van der Waals surface area contributed by atoms with E-state index in [1.54, 1.807) is 6.92 Å². The lowest BCUT2D eigenvalue weighted by molar-refractivity contribution is -0.383. The molecule has 2 unspecified atom stereocenters. The Morgan fingerprint density at radius 2 is 2.08 bits per heavy atom. The number of aliphatic carboxylic acids is 1. The minimum Gasteiger partial charge on any atom is -0.481 e. The molecule has 0 amide bonds. The van der Waals surface area contributed by atoms with Crippen molar-refractivity contribution in [3.63, 3.8) is 0 Å². The predicted molar refractivity (Wildman–Crippen MR) is 92.1 cm³/mol. The molecule has 1 aliphatic rings. The predicted octanol–water partition coefficient (Wildman–Crippen LogP) is 1.87. The van der Waals surface area contributed by atoms with Gasteiger partial charge in [0.05, 0.1) is 21.7 Å². The van der Waals surface area contributed by atoms with Crippen LogP contribution >= 0.6 is 0 Å². The van der Waals surface area contributed by atoms with Crippen LogP contribution in [0.15, 0.2) is 35.4 Å². The largest absolute Gasteiger partial charge is 0.481 e. The molecular weight excluding hydrogens is 362 g/mol. The molecule has 1 N–H and O–H groups in total. The first kappa shape index (κ1) is 18.2. The van der Waals surface area contributed by atoms with Gasteiger partial charge in [-0.1, -0.05) is 6.92 Å². The molecule has 2 heterocycles. The molecule has 3 rings (SSSR count). The maximum atomic E-state index is 13.1. The zero-order valence-electron chi connectivity index (χ0n) is 13.9. The van der Waals surface area contributed by atoms with Gasteiger partial charge in [-0.25, -0.2) is 8.42 Å². The Morgan fingerprint density at radius 1 is 1.35 bits per heavy atom. The van der Waals surface area contributed by atoms with Crippen LogP contribution in [0.3, 0.4) is 0 Å². The van der Waals surface area contributed by atoms with Gasteiger partial charge in [-0.2, -0.15) is 4.31 Å². The van der Waals surface area contributed by atoms with E-state index in [0.29, 0.717) is 6.42 Å². The highest BCUT2D eigenvalue weighted by molar-refractivity contribution is 7.89. The summed E-state index contributed by atoms with van der Waals surface area (Å²) in [6.45, 7) is 1.86. The number of hydrogen-bond donors (Lipinski definition) is 1. The van der Waals surface area contributed by atoms with Gasteiger partial charge in [0.25, 0.3) is 5.69 Å². The van der Waals surface area contributed by atoms with Gasteiger partial charge in [0.1, 0.15) is 4.90 Å². The summed E-state index contributed by atoms with van der Waals surface area (Å²) >= 11 is 0. The van der Waals surface area contributed by atoms with Crippen LogP contribution in [0.2, 0.25) is 0 Å². The van der Waals surface area contributed by atoms with Crippen LogP contribution in [0, 0.1) is 22.0 Å². The number of sulfonamides is 1. The number of nitro benzene ring substituents is 1. The van der Waals surface area contributed by atoms with Crippen LogP contribution in [-0.4, -0.2) is 46.8 Å². The standard InChI is InChI=1S/C16H17N3O6S/c1-10-7-11(16(20)21)9-18(8-10)26(24,25)14-5-4-13(19(22)23)12-3-2-6-17-15(12)14/h2-6,10-11H,7-9H2,1H3,(H,20,21). The van der Waals surface area contributed by atoms with Crippen LogP contribution in [-0.2, 0) is 14.8 Å². The number of nitrogens with zero attached hydrogens (tertiary/aromatic N) is 3. The fraction of sp³-hybridized carbons (Fsp3) is 0.375. The second-order valence-electron chi connectivity index (χ2n) is 6.44. The van der Waals surface area contributed by atoms with Crippen molar-refractivity contribution < 1.29 is 23.2 Å². The van der Waals surface area contributed by atoms with E-state index in [-0.39, 0.29) is 40.5 Å². The van der Waals surface area contributed by atoms with Crippen molar-refractivity contribution in [1.29, 1.82) is 0 Å². The number of pyridine rings is 1. The van der Waals surface area contributed by atoms with E-state index < -0.39 is 26.8 Å². The van der Waals surface area contributed by atoms with Gasteiger partial charge in [-0.3, -0.25) is 19.9 Å². The number of nitro groups is 1. The van der Waals surface area contributed by atoms with Gasteiger partial charge < -0.3 is 5.11 Å². The van der Waals surface area contributed by atoms with Crippen molar-refractivity contribution in [3.05, 3.63) is 40.6 Å². The van der Waals surface area contributed by atoms with Gasteiger partial charge in [0.2, 0.25) is 10.0 Å². The number of carboxylic acid groups (broad SMARTS) is 1. The molecule has 1 fully saturated rings. The minimum absolute atomic E-state index is 0.00630. The highest BCUT2D eigenvalue weighted by Gasteiger charge is 2.37. The minimum atomic E-state index is -4.05. The van der Waals surface area contributed by atoms with Crippen molar-refractivity contribution in [2.45, 2.75) is 18.2 Å². The number of piperidine rings is 1. The SMILES string of the molecule is CC1CC(C(=O)O)CN(S(=O)(=O)c2ccc([N+](=O)[O-])c3cccnc23)C1. The average Bonchev–Trinajstić information content (AvgIpc) is 2.59. The third kappa shape index (κ3) is 3.13. The topological polar surface area (TPSA) is 131 Å². The fourth-order valence-electron chi connectivity index (χ4n) is 3.32. The Hall–Kier alpha value is -2.59. The highest BCUT2D eigenvalue weighted by Crippen LogP contribution is 2.33. The lowest BCUT2D eigenvalue weighted by Crippen LogP contribution is -2.45. The molecule has 9 nitrogen and oxygen atoms in total. The molecule has 0 aliphatic carbocycles. The third-order valence-corrected chi connectivity index (χ3v) is 6.36. The number of rotatable bonds is 4. The Kier molecular flexibility index (Phi) is 4.63. The number of aromatic nitrogens is 1. The van der Waals surface area contributed by atoms with Gasteiger partial charge >= 0.3 is 5.97 Å². The Balaban J connectivity index is 2.12. The first-order valence-corrected chi connectivity index (χ1v) is 9.41. The number of hydrogen-bond acceptors (Lipinski definition) is 6. The molecule has 0 radical (unpaired) electrons. The van der Waals surface area contributed by atoms with E-state index in [1.165, 1.54) is 18.3 Å². The van der Waals surface area contributed by atoms with Gasteiger partial charge in [-0.05, 0) is 30.5 Å². The zero-order valence-corrected chi connectivity index (χ0v) is 14.7.